The summed E-state index contributed by atoms with van der Waals surface area (Å²) >= 11 is 5.73. The van der Waals surface area contributed by atoms with Crippen molar-refractivity contribution in [1.82, 2.24) is 15.2 Å². The van der Waals surface area contributed by atoms with E-state index in [4.69, 9.17) is 11.6 Å². The molecule has 2 N–H and O–H groups in total. The van der Waals surface area contributed by atoms with E-state index in [0.717, 1.165) is 24.2 Å². The molecule has 1 saturated carbocycles. The Labute approximate surface area is 144 Å². The van der Waals surface area contributed by atoms with E-state index < -0.39 is 11.6 Å². The van der Waals surface area contributed by atoms with Crippen molar-refractivity contribution < 1.29 is 14.4 Å². The molecule has 2 heterocycles. The number of pyridine rings is 1. The second kappa shape index (κ2) is 6.76. The summed E-state index contributed by atoms with van der Waals surface area (Å²) < 4.78 is 0. The van der Waals surface area contributed by atoms with E-state index in [2.05, 4.69) is 15.6 Å². The molecule has 4 amide bonds. The molecule has 3 rings (SSSR count). The van der Waals surface area contributed by atoms with Crippen LogP contribution < -0.4 is 10.6 Å². The Balaban J connectivity index is 1.56. The number of carbonyl (C=O) groups is 3. The lowest BCUT2D eigenvalue weighted by atomic mass is 9.82. The highest BCUT2D eigenvalue weighted by atomic mass is 35.5. The number of nitrogens with zero attached hydrogens (tertiary/aromatic N) is 2. The third kappa shape index (κ3) is 3.36. The lowest BCUT2D eigenvalue weighted by Crippen LogP contribution is -2.48. The van der Waals surface area contributed by atoms with Gasteiger partial charge in [0, 0.05) is 19.2 Å². The maximum Gasteiger partial charge on any atom is 0.325 e. The molecule has 1 spiro atoms. The van der Waals surface area contributed by atoms with Gasteiger partial charge in [0.1, 0.15) is 11.4 Å². The number of urea groups is 1. The van der Waals surface area contributed by atoms with Crippen LogP contribution in [0, 0.1) is 0 Å². The first-order valence-electron chi connectivity index (χ1n) is 8.06. The molecular formula is C16H19ClN4O3. The van der Waals surface area contributed by atoms with E-state index in [1.807, 2.05) is 0 Å². The predicted molar refractivity (Wildman–Crippen MR) is 88.6 cm³/mol. The zero-order valence-electron chi connectivity index (χ0n) is 13.2. The first-order chi connectivity index (χ1) is 11.5. The maximum atomic E-state index is 12.6. The van der Waals surface area contributed by atoms with Gasteiger partial charge >= 0.3 is 6.03 Å². The molecule has 2 fully saturated rings. The van der Waals surface area contributed by atoms with Crippen LogP contribution in [0.25, 0.3) is 0 Å². The van der Waals surface area contributed by atoms with E-state index >= 15 is 0 Å². The zero-order valence-corrected chi connectivity index (χ0v) is 13.9. The van der Waals surface area contributed by atoms with Crippen LogP contribution in [0.15, 0.2) is 18.3 Å². The van der Waals surface area contributed by atoms with Gasteiger partial charge in [-0.05, 0) is 25.0 Å². The van der Waals surface area contributed by atoms with Gasteiger partial charge in [0.2, 0.25) is 5.91 Å². The van der Waals surface area contributed by atoms with E-state index in [1.54, 1.807) is 12.1 Å². The molecular weight excluding hydrogens is 332 g/mol. The average molecular weight is 351 g/mol. The van der Waals surface area contributed by atoms with Crippen molar-refractivity contribution in [3.05, 3.63) is 23.4 Å². The van der Waals surface area contributed by atoms with Crippen LogP contribution in [0.5, 0.6) is 0 Å². The predicted octanol–water partition coefficient (Wildman–Crippen LogP) is 2.32. The van der Waals surface area contributed by atoms with Crippen LogP contribution in [0.2, 0.25) is 5.02 Å². The molecule has 7 nitrogen and oxygen atoms in total. The summed E-state index contributed by atoms with van der Waals surface area (Å²) in [6, 6.07) is 2.80. The quantitative estimate of drug-likeness (QED) is 0.815. The van der Waals surface area contributed by atoms with Gasteiger partial charge in [-0.25, -0.2) is 9.78 Å². The molecule has 24 heavy (non-hydrogen) atoms. The number of hydrogen-bond donors (Lipinski definition) is 2. The Bertz CT molecular complexity index is 656. The van der Waals surface area contributed by atoms with Crippen LogP contribution in [-0.2, 0) is 9.59 Å². The molecule has 0 bridgehead atoms. The van der Waals surface area contributed by atoms with Crippen molar-refractivity contribution in [2.24, 2.45) is 0 Å². The fourth-order valence-corrected chi connectivity index (χ4v) is 3.35. The summed E-state index contributed by atoms with van der Waals surface area (Å²) in [4.78, 5) is 41.8. The minimum absolute atomic E-state index is 0.0273. The van der Waals surface area contributed by atoms with Crippen LogP contribution in [0.1, 0.15) is 38.5 Å². The number of amides is 4. The first-order valence-corrected chi connectivity index (χ1v) is 8.43. The van der Waals surface area contributed by atoms with Gasteiger partial charge in [-0.15, -0.1) is 0 Å². The Hall–Kier alpha value is -2.15. The number of imide groups is 1. The van der Waals surface area contributed by atoms with E-state index in [0.29, 0.717) is 23.7 Å². The fraction of sp³-hybridized carbons (Fsp3) is 0.500. The van der Waals surface area contributed by atoms with Gasteiger partial charge in [0.15, 0.2) is 0 Å². The lowest BCUT2D eigenvalue weighted by molar-refractivity contribution is -0.132. The van der Waals surface area contributed by atoms with Crippen molar-refractivity contribution in [1.29, 1.82) is 0 Å². The molecule has 0 unspecified atom stereocenters. The highest BCUT2D eigenvalue weighted by Gasteiger charge is 2.50. The number of nitrogens with one attached hydrogen (secondary N) is 2. The summed E-state index contributed by atoms with van der Waals surface area (Å²) in [7, 11) is 0. The van der Waals surface area contributed by atoms with Crippen molar-refractivity contribution in [2.45, 2.75) is 44.1 Å². The van der Waals surface area contributed by atoms with Crippen molar-refractivity contribution in [2.75, 3.05) is 11.9 Å². The van der Waals surface area contributed by atoms with Crippen molar-refractivity contribution in [3.63, 3.8) is 0 Å². The van der Waals surface area contributed by atoms with E-state index in [9.17, 15) is 14.4 Å². The van der Waals surface area contributed by atoms with Gasteiger partial charge < -0.3 is 10.6 Å². The lowest BCUT2D eigenvalue weighted by Gasteiger charge is -2.30. The Morgan fingerprint density at radius 2 is 2.04 bits per heavy atom. The summed E-state index contributed by atoms with van der Waals surface area (Å²) in [5, 5.41) is 5.92. The Morgan fingerprint density at radius 3 is 2.71 bits per heavy atom. The minimum Gasteiger partial charge on any atom is -0.323 e. The van der Waals surface area contributed by atoms with Gasteiger partial charge in [-0.1, -0.05) is 30.9 Å². The van der Waals surface area contributed by atoms with Gasteiger partial charge in [-0.2, -0.15) is 0 Å². The fourth-order valence-electron chi connectivity index (χ4n) is 3.24. The molecule has 8 heteroatoms. The third-order valence-electron chi connectivity index (χ3n) is 4.51. The number of halogens is 1. The average Bonchev–Trinajstić information content (AvgIpc) is 2.79. The van der Waals surface area contributed by atoms with E-state index in [-0.39, 0.29) is 24.8 Å². The molecule has 128 valence electrons. The summed E-state index contributed by atoms with van der Waals surface area (Å²) in [5.41, 5.74) is -0.746. The molecule has 1 aromatic rings. The van der Waals surface area contributed by atoms with Crippen LogP contribution >= 0.6 is 11.6 Å². The second-order valence-corrected chi connectivity index (χ2v) is 6.63. The van der Waals surface area contributed by atoms with Crippen LogP contribution in [-0.4, -0.2) is 39.8 Å². The number of hydrogen-bond acceptors (Lipinski definition) is 4. The summed E-state index contributed by atoms with van der Waals surface area (Å²) in [6.45, 7) is 0.0613. The zero-order chi connectivity index (χ0) is 17.2. The van der Waals surface area contributed by atoms with Crippen molar-refractivity contribution >= 4 is 35.3 Å². The molecule has 1 aromatic heterocycles. The maximum absolute atomic E-state index is 12.6. The molecule has 1 aliphatic carbocycles. The first kappa shape index (κ1) is 16.7. The number of anilines is 1. The molecule has 0 atom stereocenters. The SMILES string of the molecule is O=C(CCN1C(=O)NC2(CCCCC2)C1=O)Nc1ccc(Cl)cn1. The monoisotopic (exact) mass is 350 g/mol. The number of carbonyl (C=O) groups excluding carboxylic acids is 3. The summed E-state index contributed by atoms with van der Waals surface area (Å²) in [5.74, 6) is -0.134. The molecule has 0 aromatic carbocycles. The molecule has 2 aliphatic rings. The minimum atomic E-state index is -0.746. The van der Waals surface area contributed by atoms with Crippen LogP contribution in [0.3, 0.4) is 0 Å². The highest BCUT2D eigenvalue weighted by Crippen LogP contribution is 2.33. The van der Waals surface area contributed by atoms with Gasteiger partial charge in [0.05, 0.1) is 5.02 Å². The topological polar surface area (TPSA) is 91.4 Å². The number of aromatic nitrogens is 1. The third-order valence-corrected chi connectivity index (χ3v) is 4.73. The summed E-state index contributed by atoms with van der Waals surface area (Å²) in [6.07, 6.45) is 5.76. The van der Waals surface area contributed by atoms with Crippen molar-refractivity contribution in [3.8, 4) is 0 Å². The molecule has 1 saturated heterocycles. The number of rotatable bonds is 4. The molecule has 0 radical (unpaired) electrons. The van der Waals surface area contributed by atoms with E-state index in [1.165, 1.54) is 6.20 Å². The van der Waals surface area contributed by atoms with Gasteiger partial charge in [0.25, 0.3) is 5.91 Å². The Morgan fingerprint density at radius 1 is 1.29 bits per heavy atom. The van der Waals surface area contributed by atoms with Crippen LogP contribution in [0.4, 0.5) is 10.6 Å². The standard InChI is InChI=1S/C16H19ClN4O3/c17-11-4-5-12(18-10-11)19-13(22)6-9-21-14(23)16(20-15(21)24)7-2-1-3-8-16/h4-5,10H,1-3,6-9H2,(H,20,24)(H,18,19,22). The molecule has 1 aliphatic heterocycles. The smallest absolute Gasteiger partial charge is 0.323 e. The normalized spacial score (nSPS) is 19.5. The highest BCUT2D eigenvalue weighted by molar-refractivity contribution is 6.30. The second-order valence-electron chi connectivity index (χ2n) is 6.19. The Kier molecular flexibility index (Phi) is 4.71. The largest absolute Gasteiger partial charge is 0.325 e. The van der Waals surface area contributed by atoms with Gasteiger partial charge in [-0.3, -0.25) is 14.5 Å².